The highest BCUT2D eigenvalue weighted by atomic mass is 16.1. The first-order chi connectivity index (χ1) is 7.27. The van der Waals surface area contributed by atoms with Gasteiger partial charge in [0.1, 0.15) is 6.29 Å². The molecule has 1 rings (SSSR count). The van der Waals surface area contributed by atoms with Crippen LogP contribution in [0.4, 0.5) is 0 Å². The number of carbonyl (C=O) groups is 1. The largest absolute Gasteiger partial charge is 0.302 e. The first kappa shape index (κ1) is 11.9. The summed E-state index contributed by atoms with van der Waals surface area (Å²) in [4.78, 5) is 13.1. The number of carbonyl (C=O) groups excluding carboxylic acids is 1. The van der Waals surface area contributed by atoms with E-state index in [0.29, 0.717) is 0 Å². The second-order valence-electron chi connectivity index (χ2n) is 3.91. The number of unbranched alkanes of at least 4 members (excludes halogenated alkanes) is 1. The fourth-order valence-corrected chi connectivity index (χ4v) is 1.59. The summed E-state index contributed by atoms with van der Waals surface area (Å²) < 4.78 is 0. The Morgan fingerprint density at radius 3 is 2.73 bits per heavy atom. The van der Waals surface area contributed by atoms with Gasteiger partial charge >= 0.3 is 0 Å². The van der Waals surface area contributed by atoms with E-state index in [1.807, 2.05) is 24.3 Å². The SMILES string of the molecule is CCCCN(C)Cc1ccccc1C=O. The third kappa shape index (κ3) is 3.84. The van der Waals surface area contributed by atoms with Crippen molar-refractivity contribution in [3.8, 4) is 0 Å². The first-order valence-corrected chi connectivity index (χ1v) is 5.49. The van der Waals surface area contributed by atoms with Crippen molar-refractivity contribution < 1.29 is 4.79 Å². The van der Waals surface area contributed by atoms with Gasteiger partial charge < -0.3 is 4.90 Å². The maximum Gasteiger partial charge on any atom is 0.150 e. The van der Waals surface area contributed by atoms with Gasteiger partial charge in [0.2, 0.25) is 0 Å². The monoisotopic (exact) mass is 205 g/mol. The highest BCUT2D eigenvalue weighted by molar-refractivity contribution is 5.77. The minimum atomic E-state index is 0.806. The van der Waals surface area contributed by atoms with Gasteiger partial charge in [-0.2, -0.15) is 0 Å². The second-order valence-corrected chi connectivity index (χ2v) is 3.91. The van der Waals surface area contributed by atoms with E-state index in [-0.39, 0.29) is 0 Å². The Kier molecular flexibility index (Phi) is 5.05. The number of nitrogens with zero attached hydrogens (tertiary/aromatic N) is 1. The molecule has 0 atom stereocenters. The molecule has 0 fully saturated rings. The third-order valence-corrected chi connectivity index (χ3v) is 2.52. The van der Waals surface area contributed by atoms with Gasteiger partial charge in [-0.15, -0.1) is 0 Å². The van der Waals surface area contributed by atoms with Crippen LogP contribution < -0.4 is 0 Å². The molecule has 1 aromatic rings. The highest BCUT2D eigenvalue weighted by Crippen LogP contribution is 2.09. The topological polar surface area (TPSA) is 20.3 Å². The van der Waals surface area contributed by atoms with Crippen LogP contribution in [0.1, 0.15) is 35.7 Å². The lowest BCUT2D eigenvalue weighted by atomic mass is 10.1. The Bertz CT molecular complexity index is 309. The van der Waals surface area contributed by atoms with Crippen molar-refractivity contribution >= 4 is 6.29 Å². The number of aldehydes is 1. The van der Waals surface area contributed by atoms with Gasteiger partial charge in [-0.1, -0.05) is 37.6 Å². The molecular formula is C13H19NO. The normalized spacial score (nSPS) is 10.6. The van der Waals surface area contributed by atoms with Gasteiger partial charge in [0, 0.05) is 12.1 Å². The summed E-state index contributed by atoms with van der Waals surface area (Å²) in [5, 5.41) is 0. The van der Waals surface area contributed by atoms with Gasteiger partial charge in [0.15, 0.2) is 0 Å². The van der Waals surface area contributed by atoms with Crippen LogP contribution in [0.3, 0.4) is 0 Å². The average molecular weight is 205 g/mol. The van der Waals surface area contributed by atoms with Crippen molar-refractivity contribution in [1.29, 1.82) is 0 Å². The molecule has 0 heterocycles. The Morgan fingerprint density at radius 2 is 2.07 bits per heavy atom. The number of benzene rings is 1. The second kappa shape index (κ2) is 6.36. The Labute approximate surface area is 91.9 Å². The molecule has 0 saturated heterocycles. The van der Waals surface area contributed by atoms with Crippen LogP contribution in [0.5, 0.6) is 0 Å². The van der Waals surface area contributed by atoms with Gasteiger partial charge in [-0.25, -0.2) is 0 Å². The van der Waals surface area contributed by atoms with E-state index in [0.717, 1.165) is 30.5 Å². The smallest absolute Gasteiger partial charge is 0.150 e. The zero-order valence-corrected chi connectivity index (χ0v) is 9.57. The van der Waals surface area contributed by atoms with Crippen LogP contribution in [0, 0.1) is 0 Å². The molecule has 82 valence electrons. The Hall–Kier alpha value is -1.15. The van der Waals surface area contributed by atoms with Crippen molar-refractivity contribution in [2.45, 2.75) is 26.3 Å². The molecule has 2 heteroatoms. The van der Waals surface area contributed by atoms with E-state index in [1.165, 1.54) is 12.8 Å². The molecule has 0 unspecified atom stereocenters. The molecule has 0 aliphatic rings. The lowest BCUT2D eigenvalue weighted by molar-refractivity contribution is 0.112. The van der Waals surface area contributed by atoms with E-state index >= 15 is 0 Å². The summed E-state index contributed by atoms with van der Waals surface area (Å²) in [5.74, 6) is 0. The van der Waals surface area contributed by atoms with Gasteiger partial charge in [0.25, 0.3) is 0 Å². The summed E-state index contributed by atoms with van der Waals surface area (Å²) >= 11 is 0. The standard InChI is InChI=1S/C13H19NO/c1-3-4-9-14(2)10-12-7-5-6-8-13(12)11-15/h5-8,11H,3-4,9-10H2,1-2H3. The summed E-state index contributed by atoms with van der Waals surface area (Å²) in [6.45, 7) is 4.13. The predicted molar refractivity (Wildman–Crippen MR) is 63.1 cm³/mol. The maximum absolute atomic E-state index is 10.8. The molecule has 0 aliphatic carbocycles. The summed E-state index contributed by atoms with van der Waals surface area (Å²) in [5.41, 5.74) is 1.92. The van der Waals surface area contributed by atoms with Crippen molar-refractivity contribution in [2.75, 3.05) is 13.6 Å². The van der Waals surface area contributed by atoms with Crippen LogP contribution in [0.2, 0.25) is 0 Å². The Morgan fingerprint density at radius 1 is 1.33 bits per heavy atom. The molecule has 0 spiro atoms. The zero-order chi connectivity index (χ0) is 11.1. The van der Waals surface area contributed by atoms with Crippen molar-refractivity contribution in [1.82, 2.24) is 4.90 Å². The maximum atomic E-state index is 10.8. The molecule has 15 heavy (non-hydrogen) atoms. The van der Waals surface area contributed by atoms with Crippen LogP contribution in [-0.4, -0.2) is 24.8 Å². The number of hydrogen-bond acceptors (Lipinski definition) is 2. The van der Waals surface area contributed by atoms with Crippen LogP contribution >= 0.6 is 0 Å². The quantitative estimate of drug-likeness (QED) is 0.665. The molecule has 0 saturated carbocycles. The van der Waals surface area contributed by atoms with E-state index in [4.69, 9.17) is 0 Å². The molecule has 0 N–H and O–H groups in total. The molecule has 0 aromatic heterocycles. The van der Waals surface area contributed by atoms with Gasteiger partial charge in [-0.3, -0.25) is 4.79 Å². The van der Waals surface area contributed by atoms with Gasteiger partial charge in [0.05, 0.1) is 0 Å². The number of hydrogen-bond donors (Lipinski definition) is 0. The lowest BCUT2D eigenvalue weighted by Gasteiger charge is -2.16. The van der Waals surface area contributed by atoms with E-state index in [1.54, 1.807) is 0 Å². The fourth-order valence-electron chi connectivity index (χ4n) is 1.59. The first-order valence-electron chi connectivity index (χ1n) is 5.49. The average Bonchev–Trinajstić information content (AvgIpc) is 2.27. The van der Waals surface area contributed by atoms with E-state index < -0.39 is 0 Å². The minimum Gasteiger partial charge on any atom is -0.302 e. The molecule has 0 radical (unpaired) electrons. The zero-order valence-electron chi connectivity index (χ0n) is 9.57. The molecule has 1 aromatic carbocycles. The lowest BCUT2D eigenvalue weighted by Crippen LogP contribution is -2.19. The summed E-state index contributed by atoms with van der Waals surface area (Å²) in [7, 11) is 2.09. The van der Waals surface area contributed by atoms with Crippen molar-refractivity contribution in [2.24, 2.45) is 0 Å². The van der Waals surface area contributed by atoms with Crippen molar-refractivity contribution in [3.63, 3.8) is 0 Å². The molecular weight excluding hydrogens is 186 g/mol. The molecule has 0 amide bonds. The predicted octanol–water partition coefficient (Wildman–Crippen LogP) is 2.73. The third-order valence-electron chi connectivity index (χ3n) is 2.52. The summed E-state index contributed by atoms with van der Waals surface area (Å²) in [6, 6.07) is 7.78. The fraction of sp³-hybridized carbons (Fsp3) is 0.462. The Balaban J connectivity index is 2.59. The molecule has 0 aliphatic heterocycles. The van der Waals surface area contributed by atoms with E-state index in [2.05, 4.69) is 18.9 Å². The molecule has 2 nitrogen and oxygen atoms in total. The van der Waals surface area contributed by atoms with Gasteiger partial charge in [-0.05, 0) is 25.6 Å². The van der Waals surface area contributed by atoms with Crippen LogP contribution in [0.25, 0.3) is 0 Å². The highest BCUT2D eigenvalue weighted by Gasteiger charge is 2.03. The number of rotatable bonds is 6. The molecule has 0 bridgehead atoms. The van der Waals surface area contributed by atoms with Crippen LogP contribution in [-0.2, 0) is 6.54 Å². The van der Waals surface area contributed by atoms with Crippen molar-refractivity contribution in [3.05, 3.63) is 35.4 Å². The van der Waals surface area contributed by atoms with Crippen LogP contribution in [0.15, 0.2) is 24.3 Å². The summed E-state index contributed by atoms with van der Waals surface area (Å²) in [6.07, 6.45) is 3.35. The van der Waals surface area contributed by atoms with E-state index in [9.17, 15) is 4.79 Å². The minimum absolute atomic E-state index is 0.806.